The average molecular weight is 309 g/mol. The third kappa shape index (κ3) is 3.66. The number of nitrogens with one attached hydrogen (secondary N) is 1. The number of aliphatic hydroxyl groups excluding tert-OH is 1. The minimum absolute atomic E-state index is 0.420. The van der Waals surface area contributed by atoms with E-state index in [1.807, 2.05) is 0 Å². The van der Waals surface area contributed by atoms with E-state index in [1.165, 1.54) is 12.1 Å². The van der Waals surface area contributed by atoms with Crippen LogP contribution in [0, 0.1) is 12.7 Å². The van der Waals surface area contributed by atoms with E-state index in [1.54, 1.807) is 37.3 Å². The van der Waals surface area contributed by atoms with Gasteiger partial charge in [0.25, 0.3) is 0 Å². The lowest BCUT2D eigenvalue weighted by molar-refractivity contribution is 0.258. The molecule has 0 aromatic heterocycles. The average Bonchev–Trinajstić information content (AvgIpc) is 2.48. The number of hydrogen-bond acceptors (Lipinski definition) is 3. The van der Waals surface area contributed by atoms with Crippen molar-refractivity contribution < 1.29 is 17.9 Å². The standard InChI is InChI=1S/C15H16FNO3S/c1-11-7-8-13(16)15(9-11)21(19,20)17-14(10-18)12-5-3-2-4-6-12/h2-9,14,17-18H,10H2,1H3/t14-/m0/s1. The molecule has 6 heteroatoms. The van der Waals surface area contributed by atoms with Crippen molar-refractivity contribution in [2.45, 2.75) is 17.9 Å². The van der Waals surface area contributed by atoms with E-state index in [9.17, 15) is 17.9 Å². The van der Waals surface area contributed by atoms with Crippen LogP contribution in [0.3, 0.4) is 0 Å². The first kappa shape index (κ1) is 15.6. The predicted molar refractivity (Wildman–Crippen MR) is 77.7 cm³/mol. The smallest absolute Gasteiger partial charge is 0.244 e. The van der Waals surface area contributed by atoms with Crippen molar-refractivity contribution in [3.05, 3.63) is 65.5 Å². The summed E-state index contributed by atoms with van der Waals surface area (Å²) in [5.74, 6) is -0.821. The molecule has 2 N–H and O–H groups in total. The molecule has 0 amide bonds. The summed E-state index contributed by atoms with van der Waals surface area (Å²) in [7, 11) is -4.06. The third-order valence-electron chi connectivity index (χ3n) is 3.06. The largest absolute Gasteiger partial charge is 0.394 e. The Morgan fingerprint density at radius 3 is 2.48 bits per heavy atom. The predicted octanol–water partition coefficient (Wildman–Crippen LogP) is 2.15. The van der Waals surface area contributed by atoms with Crippen LogP contribution in [0.2, 0.25) is 0 Å². The molecule has 0 aliphatic heterocycles. The highest BCUT2D eigenvalue weighted by atomic mass is 32.2. The molecule has 2 aromatic carbocycles. The Morgan fingerprint density at radius 2 is 1.86 bits per heavy atom. The Labute approximate surface area is 123 Å². The molecule has 2 rings (SSSR count). The van der Waals surface area contributed by atoms with Crippen molar-refractivity contribution in [3.8, 4) is 0 Å². The van der Waals surface area contributed by atoms with Gasteiger partial charge in [-0.2, -0.15) is 0 Å². The molecule has 0 radical (unpaired) electrons. The first-order valence-electron chi connectivity index (χ1n) is 6.38. The fraction of sp³-hybridized carbons (Fsp3) is 0.200. The van der Waals surface area contributed by atoms with E-state index in [4.69, 9.17) is 0 Å². The summed E-state index contributed by atoms with van der Waals surface area (Å²) in [6, 6.07) is 11.7. The highest BCUT2D eigenvalue weighted by Gasteiger charge is 2.23. The van der Waals surface area contributed by atoms with Gasteiger partial charge in [0.15, 0.2) is 0 Å². The number of rotatable bonds is 5. The van der Waals surface area contributed by atoms with Gasteiger partial charge in [-0.1, -0.05) is 36.4 Å². The fourth-order valence-electron chi connectivity index (χ4n) is 1.96. The van der Waals surface area contributed by atoms with Crippen LogP contribution in [-0.2, 0) is 10.0 Å². The number of aryl methyl sites for hydroxylation is 1. The summed E-state index contributed by atoms with van der Waals surface area (Å²) in [6.07, 6.45) is 0. The molecule has 112 valence electrons. The molecule has 0 aliphatic carbocycles. The zero-order valence-electron chi connectivity index (χ0n) is 11.5. The SMILES string of the molecule is Cc1ccc(F)c(S(=O)(=O)N[C@@H](CO)c2ccccc2)c1. The van der Waals surface area contributed by atoms with Crippen LogP contribution in [0.5, 0.6) is 0 Å². The van der Waals surface area contributed by atoms with Crippen molar-refractivity contribution in [2.24, 2.45) is 0 Å². The Bertz CT molecular complexity index is 717. The number of hydrogen-bond donors (Lipinski definition) is 2. The highest BCUT2D eigenvalue weighted by molar-refractivity contribution is 7.89. The van der Waals surface area contributed by atoms with E-state index in [0.717, 1.165) is 6.07 Å². The topological polar surface area (TPSA) is 66.4 Å². The molecule has 0 unspecified atom stereocenters. The molecule has 0 saturated heterocycles. The van der Waals surface area contributed by atoms with Gasteiger partial charge < -0.3 is 5.11 Å². The summed E-state index contributed by atoms with van der Waals surface area (Å²) < 4.78 is 40.6. The zero-order valence-corrected chi connectivity index (χ0v) is 12.3. The van der Waals surface area contributed by atoms with E-state index in [0.29, 0.717) is 11.1 Å². The molecular formula is C15H16FNO3S. The lowest BCUT2D eigenvalue weighted by atomic mass is 10.1. The van der Waals surface area contributed by atoms with E-state index in [2.05, 4.69) is 4.72 Å². The third-order valence-corrected chi connectivity index (χ3v) is 4.54. The van der Waals surface area contributed by atoms with Gasteiger partial charge in [-0.05, 0) is 30.2 Å². The molecule has 21 heavy (non-hydrogen) atoms. The van der Waals surface area contributed by atoms with Gasteiger partial charge in [0.2, 0.25) is 10.0 Å². The maximum absolute atomic E-state index is 13.7. The van der Waals surface area contributed by atoms with Crippen molar-refractivity contribution in [3.63, 3.8) is 0 Å². The van der Waals surface area contributed by atoms with Crippen molar-refractivity contribution in [2.75, 3.05) is 6.61 Å². The molecule has 0 aliphatic rings. The Kier molecular flexibility index (Phi) is 4.72. The Balaban J connectivity index is 2.34. The number of halogens is 1. The second-order valence-electron chi connectivity index (χ2n) is 4.70. The van der Waals surface area contributed by atoms with Crippen LogP contribution in [0.25, 0.3) is 0 Å². The van der Waals surface area contributed by atoms with E-state index in [-0.39, 0.29) is 0 Å². The van der Waals surface area contributed by atoms with Crippen LogP contribution in [-0.4, -0.2) is 20.1 Å². The van der Waals surface area contributed by atoms with Gasteiger partial charge >= 0.3 is 0 Å². The molecule has 2 aromatic rings. The maximum atomic E-state index is 13.7. The lowest BCUT2D eigenvalue weighted by Crippen LogP contribution is -2.31. The minimum atomic E-state index is -4.06. The number of sulfonamides is 1. The molecule has 0 fully saturated rings. The normalized spacial score (nSPS) is 13.1. The monoisotopic (exact) mass is 309 g/mol. The summed E-state index contributed by atoms with van der Waals surface area (Å²) in [4.78, 5) is -0.420. The van der Waals surface area contributed by atoms with Crippen molar-refractivity contribution in [1.29, 1.82) is 0 Å². The number of benzene rings is 2. The summed E-state index contributed by atoms with van der Waals surface area (Å²) in [5, 5.41) is 9.39. The van der Waals surface area contributed by atoms with Crippen LogP contribution >= 0.6 is 0 Å². The molecule has 0 bridgehead atoms. The van der Waals surface area contributed by atoms with Gasteiger partial charge in [0.05, 0.1) is 12.6 Å². The molecule has 1 atom stereocenters. The first-order chi connectivity index (χ1) is 9.94. The number of aliphatic hydroxyl groups is 1. The van der Waals surface area contributed by atoms with Gasteiger partial charge in [-0.15, -0.1) is 0 Å². The van der Waals surface area contributed by atoms with Crippen LogP contribution in [0.4, 0.5) is 4.39 Å². The molecular weight excluding hydrogens is 293 g/mol. The van der Waals surface area contributed by atoms with Gasteiger partial charge in [-0.3, -0.25) is 0 Å². The van der Waals surface area contributed by atoms with Crippen LogP contribution < -0.4 is 4.72 Å². The van der Waals surface area contributed by atoms with Gasteiger partial charge in [0.1, 0.15) is 10.7 Å². The second kappa shape index (κ2) is 6.34. The van der Waals surface area contributed by atoms with Crippen LogP contribution in [0.1, 0.15) is 17.2 Å². The lowest BCUT2D eigenvalue weighted by Gasteiger charge is -2.17. The fourth-order valence-corrected chi connectivity index (χ4v) is 3.34. The summed E-state index contributed by atoms with van der Waals surface area (Å²) in [5.41, 5.74) is 1.24. The first-order valence-corrected chi connectivity index (χ1v) is 7.86. The Morgan fingerprint density at radius 1 is 1.19 bits per heavy atom. The zero-order chi connectivity index (χ0) is 15.5. The van der Waals surface area contributed by atoms with Crippen molar-refractivity contribution >= 4 is 10.0 Å². The molecule has 0 saturated carbocycles. The van der Waals surface area contributed by atoms with Gasteiger partial charge in [-0.25, -0.2) is 17.5 Å². The molecule has 4 nitrogen and oxygen atoms in total. The summed E-state index contributed by atoms with van der Waals surface area (Å²) in [6.45, 7) is 1.26. The molecule has 0 spiro atoms. The second-order valence-corrected chi connectivity index (χ2v) is 6.38. The van der Waals surface area contributed by atoms with E-state index < -0.39 is 33.4 Å². The summed E-state index contributed by atoms with van der Waals surface area (Å²) >= 11 is 0. The quantitative estimate of drug-likeness (QED) is 0.889. The molecule has 0 heterocycles. The van der Waals surface area contributed by atoms with Crippen molar-refractivity contribution in [1.82, 2.24) is 4.72 Å². The maximum Gasteiger partial charge on any atom is 0.244 e. The van der Waals surface area contributed by atoms with E-state index >= 15 is 0 Å². The minimum Gasteiger partial charge on any atom is -0.394 e. The Hall–Kier alpha value is -1.76. The van der Waals surface area contributed by atoms with Gasteiger partial charge in [0, 0.05) is 0 Å². The van der Waals surface area contributed by atoms with Crippen LogP contribution in [0.15, 0.2) is 53.4 Å². The highest BCUT2D eigenvalue weighted by Crippen LogP contribution is 2.20.